The molecule has 0 spiro atoms. The standard InChI is InChI=1S/C19H32N4O/c1-5-11-22(12-6-2)18-14-17(20-15(4)21-18)19(24)23-13-9-8-10-16(23)7-3/h14,16H,5-13H2,1-4H3. The largest absolute Gasteiger partial charge is 0.357 e. The first-order valence-corrected chi connectivity index (χ1v) is 9.52. The summed E-state index contributed by atoms with van der Waals surface area (Å²) in [5.74, 6) is 1.64. The number of carbonyl (C=O) groups excluding carboxylic acids is 1. The minimum absolute atomic E-state index is 0.0706. The molecule has 0 bridgehead atoms. The van der Waals surface area contributed by atoms with E-state index >= 15 is 0 Å². The highest BCUT2D eigenvalue weighted by Gasteiger charge is 2.27. The highest BCUT2D eigenvalue weighted by molar-refractivity contribution is 5.93. The van der Waals surface area contributed by atoms with Crippen LogP contribution < -0.4 is 4.90 Å². The fraction of sp³-hybridized carbons (Fsp3) is 0.737. The number of anilines is 1. The van der Waals surface area contributed by atoms with Gasteiger partial charge in [-0.1, -0.05) is 20.8 Å². The third kappa shape index (κ3) is 4.46. The summed E-state index contributed by atoms with van der Waals surface area (Å²) in [6.07, 6.45) is 6.57. The fourth-order valence-corrected chi connectivity index (χ4v) is 3.54. The molecule has 1 aromatic heterocycles. The van der Waals surface area contributed by atoms with Crippen molar-refractivity contribution >= 4 is 11.7 Å². The van der Waals surface area contributed by atoms with Crippen molar-refractivity contribution in [2.75, 3.05) is 24.5 Å². The van der Waals surface area contributed by atoms with Crippen LogP contribution >= 0.6 is 0 Å². The first-order chi connectivity index (χ1) is 11.6. The lowest BCUT2D eigenvalue weighted by Crippen LogP contribution is -2.43. The smallest absolute Gasteiger partial charge is 0.272 e. The molecule has 0 N–H and O–H groups in total. The summed E-state index contributed by atoms with van der Waals surface area (Å²) < 4.78 is 0. The molecule has 1 aliphatic rings. The van der Waals surface area contributed by atoms with Crippen molar-refractivity contribution in [3.63, 3.8) is 0 Å². The normalized spacial score (nSPS) is 17.8. The molecule has 2 rings (SSSR count). The Bertz CT molecular complexity index is 540. The van der Waals surface area contributed by atoms with E-state index in [4.69, 9.17) is 0 Å². The molecule has 2 heterocycles. The summed E-state index contributed by atoms with van der Waals surface area (Å²) in [7, 11) is 0. The van der Waals surface area contributed by atoms with Crippen LogP contribution in [-0.4, -0.2) is 46.5 Å². The van der Waals surface area contributed by atoms with Gasteiger partial charge < -0.3 is 9.80 Å². The third-order valence-corrected chi connectivity index (χ3v) is 4.71. The van der Waals surface area contributed by atoms with Crippen molar-refractivity contribution < 1.29 is 4.79 Å². The number of aryl methyl sites for hydroxylation is 1. The number of amides is 1. The van der Waals surface area contributed by atoms with E-state index in [1.54, 1.807) is 0 Å². The second kappa shape index (κ2) is 9.00. The molecule has 134 valence electrons. The van der Waals surface area contributed by atoms with E-state index in [0.29, 0.717) is 17.6 Å². The zero-order valence-electron chi connectivity index (χ0n) is 15.7. The SMILES string of the molecule is CCCN(CCC)c1cc(C(=O)N2CCCCC2CC)nc(C)n1. The molecule has 1 saturated heterocycles. The topological polar surface area (TPSA) is 49.3 Å². The maximum atomic E-state index is 13.0. The third-order valence-electron chi connectivity index (χ3n) is 4.71. The second-order valence-corrected chi connectivity index (χ2v) is 6.70. The van der Waals surface area contributed by atoms with Crippen molar-refractivity contribution in [1.82, 2.24) is 14.9 Å². The van der Waals surface area contributed by atoms with Crippen LogP contribution in [0.5, 0.6) is 0 Å². The van der Waals surface area contributed by atoms with Crippen molar-refractivity contribution in [3.05, 3.63) is 17.6 Å². The highest BCUT2D eigenvalue weighted by atomic mass is 16.2. The maximum absolute atomic E-state index is 13.0. The monoisotopic (exact) mass is 332 g/mol. The molecular weight excluding hydrogens is 300 g/mol. The minimum Gasteiger partial charge on any atom is -0.357 e. The fourth-order valence-electron chi connectivity index (χ4n) is 3.54. The van der Waals surface area contributed by atoms with Crippen molar-refractivity contribution in [1.29, 1.82) is 0 Å². The van der Waals surface area contributed by atoms with E-state index in [-0.39, 0.29) is 5.91 Å². The number of hydrogen-bond acceptors (Lipinski definition) is 4. The Morgan fingerprint density at radius 2 is 1.92 bits per heavy atom. The van der Waals surface area contributed by atoms with Gasteiger partial charge in [0, 0.05) is 31.7 Å². The van der Waals surface area contributed by atoms with Crippen LogP contribution in [0.4, 0.5) is 5.82 Å². The molecular formula is C19H32N4O. The molecule has 0 aromatic carbocycles. The number of piperidine rings is 1. The Morgan fingerprint density at radius 1 is 1.21 bits per heavy atom. The molecule has 1 atom stereocenters. The van der Waals surface area contributed by atoms with Crippen molar-refractivity contribution in [3.8, 4) is 0 Å². The molecule has 1 aliphatic heterocycles. The second-order valence-electron chi connectivity index (χ2n) is 6.70. The quantitative estimate of drug-likeness (QED) is 0.762. The van der Waals surface area contributed by atoms with Crippen LogP contribution in [0.15, 0.2) is 6.07 Å². The van der Waals surface area contributed by atoms with Gasteiger partial charge in [-0.25, -0.2) is 9.97 Å². The van der Waals surface area contributed by atoms with Crippen molar-refractivity contribution in [2.24, 2.45) is 0 Å². The number of nitrogens with zero attached hydrogens (tertiary/aromatic N) is 4. The van der Waals surface area contributed by atoms with Gasteiger partial charge >= 0.3 is 0 Å². The van der Waals surface area contributed by atoms with Gasteiger partial charge in [-0.2, -0.15) is 0 Å². The zero-order valence-corrected chi connectivity index (χ0v) is 15.7. The first kappa shape index (κ1) is 18.7. The summed E-state index contributed by atoms with van der Waals surface area (Å²) in [6.45, 7) is 11.1. The minimum atomic E-state index is 0.0706. The van der Waals surface area contributed by atoms with E-state index in [9.17, 15) is 4.79 Å². The Kier molecular flexibility index (Phi) is 7.00. The zero-order chi connectivity index (χ0) is 17.5. The molecule has 1 unspecified atom stereocenters. The van der Waals surface area contributed by atoms with Gasteiger partial charge in [-0.05, 0) is 45.4 Å². The average Bonchev–Trinajstić information content (AvgIpc) is 2.60. The van der Waals surface area contributed by atoms with Crippen LogP contribution in [0.1, 0.15) is 75.6 Å². The molecule has 5 heteroatoms. The number of aromatic nitrogens is 2. The number of carbonyl (C=O) groups is 1. The predicted octanol–water partition coefficient (Wildman–Crippen LogP) is 3.82. The van der Waals surface area contributed by atoms with Gasteiger partial charge in [-0.15, -0.1) is 0 Å². The van der Waals surface area contributed by atoms with Gasteiger partial charge in [0.05, 0.1) is 0 Å². The van der Waals surface area contributed by atoms with E-state index < -0.39 is 0 Å². The summed E-state index contributed by atoms with van der Waals surface area (Å²) in [5.41, 5.74) is 0.551. The lowest BCUT2D eigenvalue weighted by atomic mass is 9.99. The molecule has 1 aromatic rings. The predicted molar refractivity (Wildman–Crippen MR) is 98.5 cm³/mol. The molecule has 0 radical (unpaired) electrons. The van der Waals surface area contributed by atoms with Gasteiger partial charge in [0.2, 0.25) is 0 Å². The molecule has 5 nitrogen and oxygen atoms in total. The van der Waals surface area contributed by atoms with Gasteiger partial charge in [0.15, 0.2) is 0 Å². The van der Waals surface area contributed by atoms with Crippen LogP contribution in [0.3, 0.4) is 0 Å². The Labute approximate surface area is 146 Å². The summed E-state index contributed by atoms with van der Waals surface area (Å²) in [6, 6.07) is 2.24. The van der Waals surface area contributed by atoms with E-state index in [1.807, 2.05) is 17.9 Å². The molecule has 24 heavy (non-hydrogen) atoms. The summed E-state index contributed by atoms with van der Waals surface area (Å²) in [5, 5.41) is 0. The van der Waals surface area contributed by atoms with E-state index in [2.05, 4.69) is 35.6 Å². The van der Waals surface area contributed by atoms with Gasteiger partial charge in [0.1, 0.15) is 17.3 Å². The van der Waals surface area contributed by atoms with Crippen molar-refractivity contribution in [2.45, 2.75) is 72.3 Å². The lowest BCUT2D eigenvalue weighted by molar-refractivity contribution is 0.0601. The summed E-state index contributed by atoms with van der Waals surface area (Å²) in [4.78, 5) is 26.4. The summed E-state index contributed by atoms with van der Waals surface area (Å²) >= 11 is 0. The number of rotatable bonds is 7. The van der Waals surface area contributed by atoms with E-state index in [1.165, 1.54) is 6.42 Å². The molecule has 0 saturated carbocycles. The van der Waals surface area contributed by atoms with Crippen LogP contribution in [0.2, 0.25) is 0 Å². The molecule has 1 fully saturated rings. The van der Waals surface area contributed by atoms with Gasteiger partial charge in [0.25, 0.3) is 5.91 Å². The average molecular weight is 332 g/mol. The van der Waals surface area contributed by atoms with Gasteiger partial charge in [-0.3, -0.25) is 4.79 Å². The number of likely N-dealkylation sites (tertiary alicyclic amines) is 1. The lowest BCUT2D eigenvalue weighted by Gasteiger charge is -2.35. The Balaban J connectivity index is 2.27. The first-order valence-electron chi connectivity index (χ1n) is 9.52. The Hall–Kier alpha value is -1.65. The van der Waals surface area contributed by atoms with Crippen LogP contribution in [0, 0.1) is 6.92 Å². The van der Waals surface area contributed by atoms with Crippen LogP contribution in [0.25, 0.3) is 0 Å². The van der Waals surface area contributed by atoms with Crippen LogP contribution in [-0.2, 0) is 0 Å². The number of hydrogen-bond donors (Lipinski definition) is 0. The van der Waals surface area contributed by atoms with E-state index in [0.717, 1.165) is 57.6 Å². The molecule has 0 aliphatic carbocycles. The maximum Gasteiger partial charge on any atom is 0.272 e. The molecule has 1 amide bonds. The Morgan fingerprint density at radius 3 is 2.54 bits per heavy atom. The highest BCUT2D eigenvalue weighted by Crippen LogP contribution is 2.22.